The van der Waals surface area contributed by atoms with Crippen molar-refractivity contribution in [3.63, 3.8) is 0 Å². The number of ether oxygens (including phenoxy) is 1. The molecule has 0 heterocycles. The molecule has 4 aliphatic rings. The fourth-order valence-electron chi connectivity index (χ4n) is 5.68. The van der Waals surface area contributed by atoms with E-state index < -0.39 is 0 Å². The molecule has 2 heteroatoms. The van der Waals surface area contributed by atoms with Gasteiger partial charge in [-0.25, -0.2) is 0 Å². The highest BCUT2D eigenvalue weighted by atomic mass is 16.5. The molecule has 0 amide bonds. The van der Waals surface area contributed by atoms with Gasteiger partial charge in [0.05, 0.1) is 6.61 Å². The summed E-state index contributed by atoms with van der Waals surface area (Å²) in [7, 11) is 2.11. The van der Waals surface area contributed by atoms with Gasteiger partial charge in [0.1, 0.15) is 0 Å². The van der Waals surface area contributed by atoms with Crippen molar-refractivity contribution in [1.82, 2.24) is 5.32 Å². The van der Waals surface area contributed by atoms with E-state index in [1.807, 2.05) is 0 Å². The lowest BCUT2D eigenvalue weighted by Gasteiger charge is -2.57. The third-order valence-corrected chi connectivity index (χ3v) is 5.92. The maximum atomic E-state index is 5.79. The van der Waals surface area contributed by atoms with Gasteiger partial charge in [0.2, 0.25) is 0 Å². The van der Waals surface area contributed by atoms with Crippen LogP contribution in [0.15, 0.2) is 0 Å². The molecule has 0 aromatic carbocycles. The summed E-state index contributed by atoms with van der Waals surface area (Å²) in [4.78, 5) is 0. The first kappa shape index (κ1) is 13.9. The van der Waals surface area contributed by atoms with Gasteiger partial charge in [-0.05, 0) is 81.6 Å². The molecule has 0 aromatic rings. The Morgan fingerprint density at radius 3 is 2.16 bits per heavy atom. The summed E-state index contributed by atoms with van der Waals surface area (Å²) in [6, 6.07) is 0.572. The van der Waals surface area contributed by atoms with Crippen molar-refractivity contribution in [1.29, 1.82) is 0 Å². The third-order valence-electron chi connectivity index (χ3n) is 5.92. The van der Waals surface area contributed by atoms with E-state index in [9.17, 15) is 0 Å². The fourth-order valence-corrected chi connectivity index (χ4v) is 5.68. The quantitative estimate of drug-likeness (QED) is 0.710. The summed E-state index contributed by atoms with van der Waals surface area (Å²) in [5.74, 6) is 3.21. The second kappa shape index (κ2) is 5.73. The molecule has 4 aliphatic carbocycles. The predicted octanol–water partition coefficient (Wildman–Crippen LogP) is 3.61. The fraction of sp³-hybridized carbons (Fsp3) is 1.00. The van der Waals surface area contributed by atoms with Gasteiger partial charge >= 0.3 is 0 Å². The van der Waals surface area contributed by atoms with Gasteiger partial charge in [-0.15, -0.1) is 0 Å². The molecule has 1 N–H and O–H groups in total. The van der Waals surface area contributed by atoms with E-state index >= 15 is 0 Å². The molecule has 0 spiro atoms. The number of nitrogens with one attached hydrogen (secondary N) is 1. The van der Waals surface area contributed by atoms with E-state index in [0.29, 0.717) is 11.5 Å². The summed E-state index contributed by atoms with van der Waals surface area (Å²) in [6.07, 6.45) is 11.7. The van der Waals surface area contributed by atoms with E-state index in [2.05, 4.69) is 19.3 Å². The first-order valence-corrected chi connectivity index (χ1v) is 8.48. The Kier molecular flexibility index (Phi) is 4.19. The molecule has 4 bridgehead atoms. The average Bonchev–Trinajstić information content (AvgIpc) is 2.36. The molecule has 4 rings (SSSR count). The normalized spacial score (nSPS) is 41.7. The second-order valence-corrected chi connectivity index (χ2v) is 7.68. The lowest BCUT2D eigenvalue weighted by molar-refractivity contribution is -0.0659. The van der Waals surface area contributed by atoms with Gasteiger partial charge < -0.3 is 10.1 Å². The minimum Gasteiger partial charge on any atom is -0.380 e. The van der Waals surface area contributed by atoms with E-state index in [4.69, 9.17) is 4.74 Å². The van der Waals surface area contributed by atoms with E-state index in [-0.39, 0.29) is 0 Å². The lowest BCUT2D eigenvalue weighted by atomic mass is 9.48. The van der Waals surface area contributed by atoms with Crippen LogP contribution in [0, 0.1) is 23.2 Å². The van der Waals surface area contributed by atoms with E-state index in [1.165, 1.54) is 25.7 Å². The van der Waals surface area contributed by atoms with Crippen LogP contribution in [0.2, 0.25) is 0 Å². The molecule has 0 aliphatic heterocycles. The molecule has 4 fully saturated rings. The summed E-state index contributed by atoms with van der Waals surface area (Å²) < 4.78 is 5.79. The zero-order valence-electron chi connectivity index (χ0n) is 12.8. The van der Waals surface area contributed by atoms with Crippen molar-refractivity contribution < 1.29 is 4.74 Å². The van der Waals surface area contributed by atoms with Gasteiger partial charge in [0.25, 0.3) is 0 Å². The second-order valence-electron chi connectivity index (χ2n) is 7.68. The molecule has 1 unspecified atom stereocenters. The molecular weight excluding hydrogens is 234 g/mol. The highest BCUT2D eigenvalue weighted by molar-refractivity contribution is 5.02. The number of hydrogen-bond donors (Lipinski definition) is 1. The van der Waals surface area contributed by atoms with Crippen molar-refractivity contribution >= 4 is 0 Å². The SMILES string of the molecule is CCCOCC(CC12CC3CC(CC(C3)C1)C2)NC. The number of likely N-dealkylation sites (N-methyl/N-ethyl adjacent to an activating group) is 1. The maximum Gasteiger partial charge on any atom is 0.0619 e. The molecular formula is C17H31NO. The third kappa shape index (κ3) is 3.00. The van der Waals surface area contributed by atoms with Crippen molar-refractivity contribution in [3.8, 4) is 0 Å². The summed E-state index contributed by atoms with van der Waals surface area (Å²) in [5, 5.41) is 3.51. The zero-order valence-corrected chi connectivity index (χ0v) is 12.8. The summed E-state index contributed by atoms with van der Waals surface area (Å²) in [6.45, 7) is 4.01. The maximum absolute atomic E-state index is 5.79. The van der Waals surface area contributed by atoms with Crippen LogP contribution in [0.4, 0.5) is 0 Å². The Hall–Kier alpha value is -0.0800. The molecule has 1 atom stereocenters. The van der Waals surface area contributed by atoms with Crippen molar-refractivity contribution in [2.24, 2.45) is 23.2 Å². The van der Waals surface area contributed by atoms with Crippen molar-refractivity contribution in [3.05, 3.63) is 0 Å². The number of hydrogen-bond acceptors (Lipinski definition) is 2. The monoisotopic (exact) mass is 265 g/mol. The molecule has 0 aromatic heterocycles. The van der Waals surface area contributed by atoms with Crippen LogP contribution in [0.25, 0.3) is 0 Å². The largest absolute Gasteiger partial charge is 0.380 e. The zero-order chi connectivity index (χ0) is 13.3. The smallest absolute Gasteiger partial charge is 0.0619 e. The van der Waals surface area contributed by atoms with Crippen LogP contribution in [0.5, 0.6) is 0 Å². The molecule has 4 saturated carbocycles. The first-order valence-electron chi connectivity index (χ1n) is 8.48. The van der Waals surface area contributed by atoms with Gasteiger partial charge in [-0.3, -0.25) is 0 Å². The first-order chi connectivity index (χ1) is 9.23. The lowest BCUT2D eigenvalue weighted by Crippen LogP contribution is -2.49. The van der Waals surface area contributed by atoms with Crippen molar-refractivity contribution in [2.45, 2.75) is 64.3 Å². The predicted molar refractivity (Wildman–Crippen MR) is 79.2 cm³/mol. The van der Waals surface area contributed by atoms with Crippen molar-refractivity contribution in [2.75, 3.05) is 20.3 Å². The Morgan fingerprint density at radius 1 is 1.11 bits per heavy atom. The van der Waals surface area contributed by atoms with E-state index in [0.717, 1.165) is 37.4 Å². The van der Waals surface area contributed by atoms with Crippen LogP contribution < -0.4 is 5.32 Å². The topological polar surface area (TPSA) is 21.3 Å². The van der Waals surface area contributed by atoms with Crippen LogP contribution in [-0.4, -0.2) is 26.3 Å². The molecule has 2 nitrogen and oxygen atoms in total. The molecule has 0 radical (unpaired) electrons. The Bertz CT molecular complexity index is 266. The van der Waals surface area contributed by atoms with Crippen LogP contribution in [0.1, 0.15) is 58.3 Å². The minimum atomic E-state index is 0.572. The van der Waals surface area contributed by atoms with Crippen LogP contribution in [-0.2, 0) is 4.74 Å². The van der Waals surface area contributed by atoms with Gasteiger partial charge in [0.15, 0.2) is 0 Å². The van der Waals surface area contributed by atoms with Gasteiger partial charge in [-0.2, -0.15) is 0 Å². The summed E-state index contributed by atoms with van der Waals surface area (Å²) in [5.41, 5.74) is 0.679. The number of rotatable bonds is 7. The van der Waals surface area contributed by atoms with Crippen LogP contribution >= 0.6 is 0 Å². The highest BCUT2D eigenvalue weighted by Gasteiger charge is 2.51. The van der Waals surface area contributed by atoms with E-state index in [1.54, 1.807) is 19.3 Å². The Balaban J connectivity index is 1.58. The average molecular weight is 265 g/mol. The Morgan fingerprint density at radius 2 is 1.68 bits per heavy atom. The standard InChI is InChI=1S/C17H31NO/c1-3-4-19-12-16(18-2)11-17-8-13-5-14(9-17)7-15(6-13)10-17/h13-16,18H,3-12H2,1-2H3. The van der Waals surface area contributed by atoms with Gasteiger partial charge in [-0.1, -0.05) is 6.92 Å². The molecule has 110 valence electrons. The Labute approximate surface area is 118 Å². The van der Waals surface area contributed by atoms with Gasteiger partial charge in [0, 0.05) is 12.6 Å². The highest BCUT2D eigenvalue weighted by Crippen LogP contribution is 2.61. The van der Waals surface area contributed by atoms with Crippen LogP contribution in [0.3, 0.4) is 0 Å². The molecule has 19 heavy (non-hydrogen) atoms. The molecule has 0 saturated heterocycles. The summed E-state index contributed by atoms with van der Waals surface area (Å²) >= 11 is 0. The minimum absolute atomic E-state index is 0.572.